The number of nitrogens with two attached hydrogens (primary N) is 1. The minimum atomic E-state index is -2.22. The van der Waals surface area contributed by atoms with Crippen LogP contribution in [0.5, 0.6) is 0 Å². The van der Waals surface area contributed by atoms with Crippen LogP contribution in [-0.4, -0.2) is 37.0 Å². The number of hydrogen-bond acceptors (Lipinski definition) is 4. The van der Waals surface area contributed by atoms with Crippen molar-refractivity contribution in [1.29, 1.82) is 0 Å². The Labute approximate surface area is 102 Å². The lowest BCUT2D eigenvalue weighted by Crippen LogP contribution is -2.42. The van der Waals surface area contributed by atoms with E-state index in [1.807, 2.05) is 18.0 Å². The minimum absolute atomic E-state index is 0. The molecule has 102 valence electrons. The van der Waals surface area contributed by atoms with Gasteiger partial charge in [0.25, 0.3) is 6.43 Å². The number of nitrogens with zero attached hydrogens (tertiary/aromatic N) is 1. The molecule has 1 aliphatic rings. The molecule has 0 saturated carbocycles. The summed E-state index contributed by atoms with van der Waals surface area (Å²) in [5.41, 5.74) is 6.50. The molecular formula is C11H24F2N4. The van der Waals surface area contributed by atoms with Crippen molar-refractivity contribution in [3.63, 3.8) is 0 Å². The Morgan fingerprint density at radius 2 is 2.06 bits per heavy atom. The summed E-state index contributed by atoms with van der Waals surface area (Å²) in [6, 6.07) is 0.374. The van der Waals surface area contributed by atoms with E-state index in [9.17, 15) is 8.78 Å². The van der Waals surface area contributed by atoms with Crippen molar-refractivity contribution in [1.82, 2.24) is 16.4 Å². The van der Waals surface area contributed by atoms with Crippen LogP contribution in [-0.2, 0) is 0 Å². The molecule has 0 amide bonds. The molecule has 1 rings (SSSR count). The maximum Gasteiger partial charge on any atom is 0.251 e. The summed E-state index contributed by atoms with van der Waals surface area (Å²) < 4.78 is 24.3. The fraction of sp³-hybridized carbons (Fsp3) is 0.818. The van der Waals surface area contributed by atoms with Gasteiger partial charge in [-0.25, -0.2) is 8.78 Å². The van der Waals surface area contributed by atoms with Crippen molar-refractivity contribution < 1.29 is 8.78 Å². The van der Waals surface area contributed by atoms with Crippen molar-refractivity contribution in [2.45, 2.75) is 38.7 Å². The van der Waals surface area contributed by atoms with E-state index in [1.165, 1.54) is 0 Å². The van der Waals surface area contributed by atoms with E-state index in [0.717, 1.165) is 38.0 Å². The average molecular weight is 250 g/mol. The van der Waals surface area contributed by atoms with Gasteiger partial charge in [0, 0.05) is 31.0 Å². The van der Waals surface area contributed by atoms with Gasteiger partial charge >= 0.3 is 0 Å². The predicted octanol–water partition coefficient (Wildman–Crippen LogP) is 1.68. The fourth-order valence-corrected chi connectivity index (χ4v) is 1.80. The molecule has 1 fully saturated rings. The van der Waals surface area contributed by atoms with Crippen LogP contribution in [0.3, 0.4) is 0 Å². The van der Waals surface area contributed by atoms with Crippen LogP contribution >= 0.6 is 0 Å². The van der Waals surface area contributed by atoms with E-state index >= 15 is 0 Å². The van der Waals surface area contributed by atoms with Gasteiger partial charge in [0.15, 0.2) is 0 Å². The molecule has 0 atom stereocenters. The van der Waals surface area contributed by atoms with Crippen molar-refractivity contribution in [2.24, 2.45) is 5.73 Å². The molecule has 0 aromatic heterocycles. The van der Waals surface area contributed by atoms with Gasteiger partial charge in [-0.2, -0.15) is 0 Å². The fourth-order valence-electron chi connectivity index (χ4n) is 1.80. The molecule has 17 heavy (non-hydrogen) atoms. The summed E-state index contributed by atoms with van der Waals surface area (Å²) >= 11 is 0. The van der Waals surface area contributed by atoms with E-state index in [-0.39, 0.29) is 12.7 Å². The molecule has 4 nitrogen and oxygen atoms in total. The van der Waals surface area contributed by atoms with Crippen LogP contribution in [0.1, 0.15) is 26.2 Å². The number of likely N-dealkylation sites (tertiary alicyclic amines) is 1. The topological polar surface area (TPSA) is 76.3 Å². The predicted molar refractivity (Wildman–Crippen MR) is 66.2 cm³/mol. The summed E-state index contributed by atoms with van der Waals surface area (Å²) in [7, 11) is 0. The zero-order valence-electron chi connectivity index (χ0n) is 10.5. The van der Waals surface area contributed by atoms with E-state index in [0.29, 0.717) is 6.04 Å². The number of alkyl halides is 2. The molecule has 6 heteroatoms. The molecule has 0 aliphatic carbocycles. The summed E-state index contributed by atoms with van der Waals surface area (Å²) in [5, 5.41) is 3.24. The Hall–Kier alpha value is -0.880. The standard InChI is InChI=1S/C11H21F2N3.H3N/c1-2-9(14)7-15-10-3-5-16(6-4-10)8-11(12)13;/h7,10-11,15H,2-6,8,14H2,1H3;1H3/b9-7-;. The van der Waals surface area contributed by atoms with Gasteiger partial charge < -0.3 is 17.2 Å². The SMILES string of the molecule is CC/C(N)=C/NC1CCN(CC(F)F)CC1.N. The molecule has 1 heterocycles. The summed E-state index contributed by atoms with van der Waals surface area (Å²) in [5.74, 6) is 0. The van der Waals surface area contributed by atoms with Crippen LogP contribution in [0.25, 0.3) is 0 Å². The number of rotatable bonds is 5. The zero-order chi connectivity index (χ0) is 12.0. The second kappa shape index (κ2) is 8.25. The van der Waals surface area contributed by atoms with E-state index in [1.54, 1.807) is 0 Å². The van der Waals surface area contributed by atoms with Crippen LogP contribution in [0.4, 0.5) is 8.78 Å². The molecule has 1 saturated heterocycles. The van der Waals surface area contributed by atoms with Gasteiger partial charge in [0.2, 0.25) is 0 Å². The molecule has 0 spiro atoms. The minimum Gasteiger partial charge on any atom is -0.401 e. The summed E-state index contributed by atoms with van der Waals surface area (Å²) in [6.07, 6.45) is 2.26. The molecule has 1 aliphatic heterocycles. The second-order valence-electron chi connectivity index (χ2n) is 4.21. The van der Waals surface area contributed by atoms with Crippen LogP contribution < -0.4 is 17.2 Å². The van der Waals surface area contributed by atoms with Gasteiger partial charge in [0.1, 0.15) is 0 Å². The number of nitrogens with one attached hydrogen (secondary N) is 1. The molecule has 0 aromatic carbocycles. The van der Waals surface area contributed by atoms with Crippen LogP contribution in [0, 0.1) is 0 Å². The average Bonchev–Trinajstić information content (AvgIpc) is 2.27. The highest BCUT2D eigenvalue weighted by atomic mass is 19.3. The third-order valence-electron chi connectivity index (χ3n) is 2.90. The third kappa shape index (κ3) is 6.43. The Morgan fingerprint density at radius 3 is 2.53 bits per heavy atom. The smallest absolute Gasteiger partial charge is 0.251 e. The Morgan fingerprint density at radius 1 is 1.47 bits per heavy atom. The van der Waals surface area contributed by atoms with Crippen molar-refractivity contribution >= 4 is 0 Å². The van der Waals surface area contributed by atoms with Gasteiger partial charge in [0.05, 0.1) is 6.54 Å². The van der Waals surface area contributed by atoms with Crippen LogP contribution in [0.2, 0.25) is 0 Å². The van der Waals surface area contributed by atoms with Crippen molar-refractivity contribution in [3.05, 3.63) is 11.9 Å². The highest BCUT2D eigenvalue weighted by Crippen LogP contribution is 2.11. The lowest BCUT2D eigenvalue weighted by Gasteiger charge is -2.31. The highest BCUT2D eigenvalue weighted by Gasteiger charge is 2.20. The van der Waals surface area contributed by atoms with Gasteiger partial charge in [-0.05, 0) is 19.3 Å². The summed E-state index contributed by atoms with van der Waals surface area (Å²) in [4.78, 5) is 1.82. The van der Waals surface area contributed by atoms with E-state index < -0.39 is 6.43 Å². The number of allylic oxidation sites excluding steroid dienone is 1. The maximum atomic E-state index is 12.1. The number of piperidine rings is 1. The van der Waals surface area contributed by atoms with Gasteiger partial charge in [-0.3, -0.25) is 4.90 Å². The summed E-state index contributed by atoms with van der Waals surface area (Å²) in [6.45, 7) is 3.38. The van der Waals surface area contributed by atoms with Gasteiger partial charge in [-0.1, -0.05) is 6.92 Å². The molecule has 0 aromatic rings. The quantitative estimate of drug-likeness (QED) is 0.694. The lowest BCUT2D eigenvalue weighted by molar-refractivity contribution is 0.0741. The highest BCUT2D eigenvalue weighted by molar-refractivity contribution is 4.95. The first-order chi connectivity index (χ1) is 7.61. The van der Waals surface area contributed by atoms with E-state index in [4.69, 9.17) is 5.73 Å². The molecule has 0 radical (unpaired) electrons. The molecule has 0 unspecified atom stereocenters. The Bertz CT molecular complexity index is 226. The molecule has 6 N–H and O–H groups in total. The first-order valence-electron chi connectivity index (χ1n) is 5.83. The number of halogens is 2. The largest absolute Gasteiger partial charge is 0.401 e. The first-order valence-corrected chi connectivity index (χ1v) is 5.83. The van der Waals surface area contributed by atoms with Gasteiger partial charge in [-0.15, -0.1) is 0 Å². The number of hydrogen-bond donors (Lipinski definition) is 3. The normalized spacial score (nSPS) is 19.2. The Kier molecular flexibility index (Phi) is 7.82. The monoisotopic (exact) mass is 250 g/mol. The third-order valence-corrected chi connectivity index (χ3v) is 2.90. The van der Waals surface area contributed by atoms with Crippen molar-refractivity contribution in [2.75, 3.05) is 19.6 Å². The Balaban J connectivity index is 0.00000256. The second-order valence-corrected chi connectivity index (χ2v) is 4.21. The maximum absolute atomic E-state index is 12.1. The van der Waals surface area contributed by atoms with Crippen molar-refractivity contribution in [3.8, 4) is 0 Å². The van der Waals surface area contributed by atoms with E-state index in [2.05, 4.69) is 5.32 Å². The zero-order valence-corrected chi connectivity index (χ0v) is 10.5. The van der Waals surface area contributed by atoms with Crippen LogP contribution in [0.15, 0.2) is 11.9 Å². The first kappa shape index (κ1) is 16.1. The molecule has 0 bridgehead atoms. The molecular weight excluding hydrogens is 226 g/mol. The lowest BCUT2D eigenvalue weighted by atomic mass is 10.1.